The fraction of sp³-hybridized carbons (Fsp3) is 0.474. The zero-order valence-electron chi connectivity index (χ0n) is 15.2. The third-order valence-corrected chi connectivity index (χ3v) is 6.17. The maximum absolute atomic E-state index is 12.9. The van der Waals surface area contributed by atoms with Gasteiger partial charge in [-0.1, -0.05) is 0 Å². The molecule has 3 aromatic rings. The molecule has 1 amide bonds. The van der Waals surface area contributed by atoms with Gasteiger partial charge in [-0.15, -0.1) is 11.3 Å². The number of amides is 1. The highest BCUT2D eigenvalue weighted by Crippen LogP contribution is 2.33. The van der Waals surface area contributed by atoms with Crippen LogP contribution in [0.4, 0.5) is 0 Å². The highest BCUT2D eigenvalue weighted by Gasteiger charge is 2.20. The van der Waals surface area contributed by atoms with E-state index in [4.69, 9.17) is 0 Å². The van der Waals surface area contributed by atoms with Crippen molar-refractivity contribution in [3.05, 3.63) is 45.6 Å². The van der Waals surface area contributed by atoms with Crippen molar-refractivity contribution in [3.63, 3.8) is 0 Å². The van der Waals surface area contributed by atoms with Crippen molar-refractivity contribution in [2.24, 2.45) is 0 Å². The van der Waals surface area contributed by atoms with Crippen molar-refractivity contribution in [1.82, 2.24) is 24.6 Å². The third kappa shape index (κ3) is 3.95. The minimum absolute atomic E-state index is 0.00844. The lowest BCUT2D eigenvalue weighted by Gasteiger charge is -2.10. The number of aryl methyl sites for hydroxylation is 4. The van der Waals surface area contributed by atoms with Gasteiger partial charge in [-0.05, 0) is 43.7 Å². The first-order valence-electron chi connectivity index (χ1n) is 9.46. The summed E-state index contributed by atoms with van der Waals surface area (Å²) in [6.07, 6.45) is 10.7. The van der Waals surface area contributed by atoms with Gasteiger partial charge in [-0.3, -0.25) is 18.8 Å². The maximum Gasteiger partial charge on any atom is 0.262 e. The smallest absolute Gasteiger partial charge is 0.262 e. The topological polar surface area (TPSA) is 81.8 Å². The minimum Gasteiger partial charge on any atom is -0.356 e. The van der Waals surface area contributed by atoms with Crippen LogP contribution in [0.5, 0.6) is 0 Å². The van der Waals surface area contributed by atoms with Crippen LogP contribution in [0.25, 0.3) is 10.2 Å². The molecule has 0 radical (unpaired) electrons. The quantitative estimate of drug-likeness (QED) is 0.632. The molecule has 142 valence electrons. The van der Waals surface area contributed by atoms with Crippen LogP contribution in [0, 0.1) is 0 Å². The second kappa shape index (κ2) is 8.04. The van der Waals surface area contributed by atoms with Gasteiger partial charge in [0.25, 0.3) is 5.56 Å². The number of carbonyl (C=O) groups excluding carboxylic acids is 1. The normalized spacial score (nSPS) is 13.6. The van der Waals surface area contributed by atoms with Gasteiger partial charge in [-0.2, -0.15) is 5.10 Å². The molecule has 27 heavy (non-hydrogen) atoms. The number of carbonyl (C=O) groups is 1. The highest BCUT2D eigenvalue weighted by molar-refractivity contribution is 7.18. The molecular weight excluding hydrogens is 362 g/mol. The number of aromatic nitrogens is 4. The van der Waals surface area contributed by atoms with Crippen LogP contribution in [0.1, 0.15) is 36.1 Å². The Kier molecular flexibility index (Phi) is 5.33. The predicted molar refractivity (Wildman–Crippen MR) is 105 cm³/mol. The van der Waals surface area contributed by atoms with E-state index in [2.05, 4.69) is 15.4 Å². The van der Waals surface area contributed by atoms with E-state index in [1.807, 2.05) is 16.9 Å². The summed E-state index contributed by atoms with van der Waals surface area (Å²) in [5.41, 5.74) is 1.18. The number of hydrogen-bond donors (Lipinski definition) is 1. The Morgan fingerprint density at radius 1 is 1.26 bits per heavy atom. The molecule has 1 aliphatic rings. The van der Waals surface area contributed by atoms with Crippen molar-refractivity contribution < 1.29 is 4.79 Å². The summed E-state index contributed by atoms with van der Waals surface area (Å²) in [6, 6.07) is 1.88. The van der Waals surface area contributed by atoms with E-state index in [0.717, 1.165) is 42.4 Å². The van der Waals surface area contributed by atoms with Crippen LogP contribution in [0.3, 0.4) is 0 Å². The van der Waals surface area contributed by atoms with E-state index in [9.17, 15) is 9.59 Å². The molecular formula is C19H23N5O2S. The largest absolute Gasteiger partial charge is 0.356 e. The molecule has 4 rings (SSSR count). The van der Waals surface area contributed by atoms with Gasteiger partial charge in [0, 0.05) is 43.3 Å². The molecule has 0 bridgehead atoms. The van der Waals surface area contributed by atoms with Gasteiger partial charge in [0.05, 0.1) is 11.7 Å². The van der Waals surface area contributed by atoms with E-state index >= 15 is 0 Å². The first kappa shape index (κ1) is 17.9. The van der Waals surface area contributed by atoms with Gasteiger partial charge in [-0.25, -0.2) is 4.98 Å². The van der Waals surface area contributed by atoms with Crippen molar-refractivity contribution in [3.8, 4) is 0 Å². The Balaban J connectivity index is 1.34. The molecule has 0 fully saturated rings. The van der Waals surface area contributed by atoms with Crippen LogP contribution in [-0.4, -0.2) is 31.8 Å². The fourth-order valence-corrected chi connectivity index (χ4v) is 4.77. The standard InChI is InChI=1S/C19H23N5O2S/c25-16(20-8-3-10-24-11-4-9-22-24)7-12-23-13-21-18-17(19(23)26)14-5-1-2-6-15(14)27-18/h4,9,11,13H,1-3,5-8,10,12H2,(H,20,25). The Hall–Kier alpha value is -2.48. The van der Waals surface area contributed by atoms with Crippen LogP contribution in [0.2, 0.25) is 0 Å². The van der Waals surface area contributed by atoms with E-state index in [1.54, 1.807) is 28.4 Å². The van der Waals surface area contributed by atoms with Gasteiger partial charge < -0.3 is 5.32 Å². The van der Waals surface area contributed by atoms with Crippen LogP contribution >= 0.6 is 11.3 Å². The molecule has 0 aromatic carbocycles. The molecule has 0 atom stereocenters. The molecule has 8 heteroatoms. The Morgan fingerprint density at radius 2 is 2.15 bits per heavy atom. The van der Waals surface area contributed by atoms with Crippen molar-refractivity contribution >= 4 is 27.5 Å². The van der Waals surface area contributed by atoms with Crippen LogP contribution in [0.15, 0.2) is 29.6 Å². The third-order valence-electron chi connectivity index (χ3n) is 4.97. The Bertz CT molecular complexity index is 990. The summed E-state index contributed by atoms with van der Waals surface area (Å²) in [5.74, 6) is -0.0465. The van der Waals surface area contributed by atoms with E-state index in [-0.39, 0.29) is 17.9 Å². The average molecular weight is 385 g/mol. The first-order chi connectivity index (χ1) is 13.2. The lowest BCUT2D eigenvalue weighted by atomic mass is 9.97. The van der Waals surface area contributed by atoms with E-state index < -0.39 is 0 Å². The van der Waals surface area contributed by atoms with Gasteiger partial charge >= 0.3 is 0 Å². The van der Waals surface area contributed by atoms with E-state index in [0.29, 0.717) is 13.1 Å². The Labute approximate surface area is 161 Å². The predicted octanol–water partition coefficient (Wildman–Crippen LogP) is 2.13. The van der Waals surface area contributed by atoms with Crippen molar-refractivity contribution in [2.75, 3.05) is 6.54 Å². The fourth-order valence-electron chi connectivity index (χ4n) is 3.55. The van der Waals surface area contributed by atoms with Gasteiger partial charge in [0.2, 0.25) is 5.91 Å². The molecule has 1 aliphatic carbocycles. The summed E-state index contributed by atoms with van der Waals surface area (Å²) in [7, 11) is 0. The zero-order valence-corrected chi connectivity index (χ0v) is 16.0. The maximum atomic E-state index is 12.9. The summed E-state index contributed by atoms with van der Waals surface area (Å²) in [6.45, 7) is 1.73. The molecule has 0 unspecified atom stereocenters. The second-order valence-electron chi connectivity index (χ2n) is 6.86. The second-order valence-corrected chi connectivity index (χ2v) is 7.94. The highest BCUT2D eigenvalue weighted by atomic mass is 32.1. The number of fused-ring (bicyclic) bond motifs is 3. The molecule has 7 nitrogen and oxygen atoms in total. The summed E-state index contributed by atoms with van der Waals surface area (Å²) in [4.78, 5) is 31.5. The summed E-state index contributed by atoms with van der Waals surface area (Å²) < 4.78 is 3.42. The van der Waals surface area contributed by atoms with Gasteiger partial charge in [0.1, 0.15) is 4.83 Å². The summed E-state index contributed by atoms with van der Waals surface area (Å²) in [5, 5.41) is 7.81. The lowest BCUT2D eigenvalue weighted by Crippen LogP contribution is -2.28. The van der Waals surface area contributed by atoms with Crippen molar-refractivity contribution in [2.45, 2.75) is 51.6 Å². The van der Waals surface area contributed by atoms with Crippen LogP contribution < -0.4 is 10.9 Å². The molecule has 0 aliphatic heterocycles. The number of hydrogen-bond acceptors (Lipinski definition) is 5. The monoisotopic (exact) mass is 385 g/mol. The molecule has 3 heterocycles. The lowest BCUT2D eigenvalue weighted by molar-refractivity contribution is -0.121. The molecule has 3 aromatic heterocycles. The number of thiophene rings is 1. The molecule has 0 saturated carbocycles. The molecule has 0 saturated heterocycles. The average Bonchev–Trinajstić information content (AvgIpc) is 3.32. The number of rotatable bonds is 7. The van der Waals surface area contributed by atoms with E-state index in [1.165, 1.54) is 16.9 Å². The SMILES string of the molecule is O=C(CCn1cnc2sc3c(c2c1=O)CCCC3)NCCCn1cccn1. The number of nitrogens with zero attached hydrogens (tertiary/aromatic N) is 4. The molecule has 1 N–H and O–H groups in total. The number of nitrogens with one attached hydrogen (secondary N) is 1. The van der Waals surface area contributed by atoms with Crippen molar-refractivity contribution in [1.29, 1.82) is 0 Å². The van der Waals surface area contributed by atoms with Crippen LogP contribution in [-0.2, 0) is 30.7 Å². The molecule has 0 spiro atoms. The zero-order chi connectivity index (χ0) is 18.6. The summed E-state index contributed by atoms with van der Waals surface area (Å²) >= 11 is 1.65. The first-order valence-corrected chi connectivity index (χ1v) is 10.3. The van der Waals surface area contributed by atoms with Gasteiger partial charge in [0.15, 0.2) is 0 Å². The Morgan fingerprint density at radius 3 is 3.00 bits per heavy atom. The minimum atomic E-state index is -0.0465.